The Bertz CT molecular complexity index is 440. The summed E-state index contributed by atoms with van der Waals surface area (Å²) >= 11 is 0. The lowest BCUT2D eigenvalue weighted by molar-refractivity contribution is -0.176. The van der Waals surface area contributed by atoms with Gasteiger partial charge in [0.05, 0.1) is 31.5 Å². The van der Waals surface area contributed by atoms with Crippen molar-refractivity contribution in [2.75, 3.05) is 20.2 Å². The number of nitrogens with zero attached hydrogens (tertiary/aromatic N) is 1. The van der Waals surface area contributed by atoms with E-state index < -0.39 is 11.4 Å². The summed E-state index contributed by atoms with van der Waals surface area (Å²) in [6.45, 7) is 7.19. The number of ether oxygens (including phenoxy) is 4. The SMILES string of the molecule is CC[C@H]1O[C@H](C[C@@H]2COC(C)(C)O2)CCC12CN(C)C(=O)O2. The lowest BCUT2D eigenvalue weighted by Crippen LogP contribution is -2.53. The van der Waals surface area contributed by atoms with E-state index in [9.17, 15) is 4.79 Å². The van der Waals surface area contributed by atoms with E-state index >= 15 is 0 Å². The van der Waals surface area contributed by atoms with Crippen molar-refractivity contribution in [3.63, 3.8) is 0 Å². The zero-order chi connectivity index (χ0) is 16.0. The minimum Gasteiger partial charge on any atom is -0.438 e. The molecule has 0 N–H and O–H groups in total. The number of carbonyl (C=O) groups excluding carboxylic acids is 1. The molecule has 1 spiro atoms. The molecule has 0 radical (unpaired) electrons. The highest BCUT2D eigenvalue weighted by molar-refractivity contribution is 5.70. The summed E-state index contributed by atoms with van der Waals surface area (Å²) in [6.07, 6.45) is 3.35. The van der Waals surface area contributed by atoms with Crippen LogP contribution in [0.5, 0.6) is 0 Å². The Kier molecular flexibility index (Phi) is 4.12. The Morgan fingerprint density at radius 3 is 2.64 bits per heavy atom. The van der Waals surface area contributed by atoms with Gasteiger partial charge >= 0.3 is 6.09 Å². The molecule has 0 aromatic rings. The second-order valence-corrected chi connectivity index (χ2v) is 7.17. The van der Waals surface area contributed by atoms with E-state index in [-0.39, 0.29) is 24.4 Å². The van der Waals surface area contributed by atoms with Gasteiger partial charge in [0, 0.05) is 13.5 Å². The van der Waals surface area contributed by atoms with Gasteiger partial charge in [0.15, 0.2) is 11.4 Å². The van der Waals surface area contributed by atoms with Crippen LogP contribution in [0.25, 0.3) is 0 Å². The predicted octanol–water partition coefficient (Wildman–Crippen LogP) is 2.31. The van der Waals surface area contributed by atoms with Crippen LogP contribution in [0.4, 0.5) is 4.79 Å². The number of amides is 1. The first kappa shape index (κ1) is 16.0. The molecule has 0 saturated carbocycles. The first-order valence-corrected chi connectivity index (χ1v) is 8.25. The first-order valence-electron chi connectivity index (χ1n) is 8.25. The van der Waals surface area contributed by atoms with Gasteiger partial charge in [0.25, 0.3) is 0 Å². The van der Waals surface area contributed by atoms with Crippen LogP contribution in [0.1, 0.15) is 46.5 Å². The summed E-state index contributed by atoms with van der Waals surface area (Å²) < 4.78 is 23.4. The minimum absolute atomic E-state index is 0.0459. The van der Waals surface area contributed by atoms with Crippen LogP contribution >= 0.6 is 0 Å². The van der Waals surface area contributed by atoms with Crippen molar-refractivity contribution in [3.05, 3.63) is 0 Å². The normalized spacial score (nSPS) is 41.2. The van der Waals surface area contributed by atoms with Crippen molar-refractivity contribution >= 4 is 6.09 Å². The van der Waals surface area contributed by atoms with E-state index in [0.717, 1.165) is 25.7 Å². The van der Waals surface area contributed by atoms with Crippen LogP contribution in [-0.2, 0) is 18.9 Å². The quantitative estimate of drug-likeness (QED) is 0.800. The average Bonchev–Trinajstić information content (AvgIpc) is 2.93. The van der Waals surface area contributed by atoms with Crippen LogP contribution in [0.15, 0.2) is 0 Å². The van der Waals surface area contributed by atoms with Gasteiger partial charge in [0.1, 0.15) is 0 Å². The summed E-state index contributed by atoms with van der Waals surface area (Å²) in [5.74, 6) is -0.492. The molecule has 4 atom stereocenters. The molecule has 3 aliphatic heterocycles. The third-order valence-electron chi connectivity index (χ3n) is 4.90. The van der Waals surface area contributed by atoms with Gasteiger partial charge in [0.2, 0.25) is 0 Å². The molecular weight excluding hydrogens is 286 g/mol. The van der Waals surface area contributed by atoms with Crippen LogP contribution in [0.2, 0.25) is 0 Å². The molecule has 22 heavy (non-hydrogen) atoms. The van der Waals surface area contributed by atoms with Crippen molar-refractivity contribution in [2.24, 2.45) is 0 Å². The summed E-state index contributed by atoms with van der Waals surface area (Å²) in [6, 6.07) is 0. The lowest BCUT2D eigenvalue weighted by atomic mass is 9.84. The fourth-order valence-electron chi connectivity index (χ4n) is 3.85. The van der Waals surface area contributed by atoms with Crippen molar-refractivity contribution in [1.29, 1.82) is 0 Å². The van der Waals surface area contributed by atoms with E-state index in [1.54, 1.807) is 11.9 Å². The third kappa shape index (κ3) is 2.96. The maximum absolute atomic E-state index is 11.8. The van der Waals surface area contributed by atoms with Crippen LogP contribution in [0, 0.1) is 0 Å². The van der Waals surface area contributed by atoms with Crippen LogP contribution in [-0.4, -0.2) is 60.9 Å². The largest absolute Gasteiger partial charge is 0.438 e. The number of hydrogen-bond acceptors (Lipinski definition) is 5. The molecule has 6 heteroatoms. The highest BCUT2D eigenvalue weighted by atomic mass is 16.7. The second kappa shape index (κ2) is 5.65. The molecule has 1 amide bonds. The first-order chi connectivity index (χ1) is 10.3. The molecule has 126 valence electrons. The Hall–Kier alpha value is -0.850. The van der Waals surface area contributed by atoms with E-state index in [4.69, 9.17) is 18.9 Å². The number of rotatable bonds is 3. The van der Waals surface area contributed by atoms with E-state index in [2.05, 4.69) is 6.92 Å². The van der Waals surface area contributed by atoms with Crippen molar-refractivity contribution < 1.29 is 23.7 Å². The maximum Gasteiger partial charge on any atom is 0.410 e. The van der Waals surface area contributed by atoms with Crippen molar-refractivity contribution in [3.8, 4) is 0 Å². The molecule has 3 fully saturated rings. The Morgan fingerprint density at radius 2 is 2.09 bits per heavy atom. The molecule has 6 nitrogen and oxygen atoms in total. The predicted molar refractivity (Wildman–Crippen MR) is 79.5 cm³/mol. The van der Waals surface area contributed by atoms with Gasteiger partial charge in [-0.3, -0.25) is 0 Å². The van der Waals surface area contributed by atoms with Gasteiger partial charge in [-0.25, -0.2) is 4.79 Å². The summed E-state index contributed by atoms with van der Waals surface area (Å²) in [4.78, 5) is 13.4. The van der Waals surface area contributed by atoms with Gasteiger partial charge in [-0.1, -0.05) is 6.92 Å². The minimum atomic E-state index is -0.492. The molecule has 1 unspecified atom stereocenters. The molecule has 3 rings (SSSR count). The fourth-order valence-corrected chi connectivity index (χ4v) is 3.85. The van der Waals surface area contributed by atoms with Gasteiger partial charge in [-0.15, -0.1) is 0 Å². The summed E-state index contributed by atoms with van der Waals surface area (Å²) in [5.41, 5.74) is -0.469. The molecule has 0 aliphatic carbocycles. The van der Waals surface area contributed by atoms with E-state index in [1.807, 2.05) is 13.8 Å². The zero-order valence-corrected chi connectivity index (χ0v) is 14.0. The molecular formula is C16H27NO5. The fraction of sp³-hybridized carbons (Fsp3) is 0.938. The highest BCUT2D eigenvalue weighted by Gasteiger charge is 2.53. The summed E-state index contributed by atoms with van der Waals surface area (Å²) in [5, 5.41) is 0. The molecule has 0 bridgehead atoms. The van der Waals surface area contributed by atoms with E-state index in [1.165, 1.54) is 0 Å². The smallest absolute Gasteiger partial charge is 0.410 e. The molecule has 0 aromatic carbocycles. The van der Waals surface area contributed by atoms with Crippen LogP contribution in [0.3, 0.4) is 0 Å². The highest BCUT2D eigenvalue weighted by Crippen LogP contribution is 2.40. The lowest BCUT2D eigenvalue weighted by Gasteiger charge is -2.42. The maximum atomic E-state index is 11.8. The topological polar surface area (TPSA) is 57.2 Å². The van der Waals surface area contributed by atoms with E-state index in [0.29, 0.717) is 13.2 Å². The monoisotopic (exact) mass is 313 g/mol. The summed E-state index contributed by atoms with van der Waals surface area (Å²) in [7, 11) is 1.78. The Balaban J connectivity index is 1.60. The standard InChI is InChI=1S/C16H27NO5/c1-5-13-16(10-17(4)14(18)22-16)7-6-11(20-13)8-12-9-19-15(2,3)21-12/h11-13H,5-10H2,1-4H3/t11-,12+,13+,16?/m0/s1. The van der Waals surface area contributed by atoms with Gasteiger partial charge in [-0.05, 0) is 33.1 Å². The molecule has 3 heterocycles. The van der Waals surface area contributed by atoms with Gasteiger partial charge < -0.3 is 23.8 Å². The number of hydrogen-bond donors (Lipinski definition) is 0. The van der Waals surface area contributed by atoms with Crippen molar-refractivity contribution in [2.45, 2.75) is 76.2 Å². The third-order valence-corrected chi connectivity index (χ3v) is 4.90. The van der Waals surface area contributed by atoms with Gasteiger partial charge in [-0.2, -0.15) is 0 Å². The number of likely N-dealkylation sites (N-methyl/N-ethyl adjacent to an activating group) is 1. The Labute approximate surface area is 132 Å². The zero-order valence-electron chi connectivity index (χ0n) is 14.0. The molecule has 3 aliphatic rings. The second-order valence-electron chi connectivity index (χ2n) is 7.17. The molecule has 3 saturated heterocycles. The van der Waals surface area contributed by atoms with Crippen molar-refractivity contribution in [1.82, 2.24) is 4.90 Å². The molecule has 0 aromatic heterocycles. The number of carbonyl (C=O) groups is 1. The Morgan fingerprint density at radius 1 is 1.32 bits per heavy atom. The average molecular weight is 313 g/mol. The van der Waals surface area contributed by atoms with Crippen LogP contribution < -0.4 is 0 Å².